The van der Waals surface area contributed by atoms with Crippen LogP contribution in [0.5, 0.6) is 0 Å². The Hall–Kier alpha value is -1.68. The van der Waals surface area contributed by atoms with Crippen molar-refractivity contribution in [1.29, 1.82) is 0 Å². The topological polar surface area (TPSA) is 52.0 Å². The van der Waals surface area contributed by atoms with Crippen LogP contribution in [0.1, 0.15) is 22.9 Å². The zero-order valence-corrected chi connectivity index (χ0v) is 8.27. The molecule has 0 aromatic carbocycles. The summed E-state index contributed by atoms with van der Waals surface area (Å²) in [6.45, 7) is 1.82. The summed E-state index contributed by atoms with van der Waals surface area (Å²) in [4.78, 5) is 3.76. The standard InChI is InChI=1S/C11H11FN2O/c1-7-10(2-3-15-7)11(13)8-4-9(12)6-14-5-8/h2-6,11H,13H2,1H3. The highest BCUT2D eigenvalue weighted by Crippen LogP contribution is 2.22. The first-order valence-electron chi connectivity index (χ1n) is 4.58. The van der Waals surface area contributed by atoms with Gasteiger partial charge in [-0.3, -0.25) is 4.98 Å². The lowest BCUT2D eigenvalue weighted by molar-refractivity contribution is 0.527. The second-order valence-electron chi connectivity index (χ2n) is 3.35. The Bertz CT molecular complexity index is 467. The van der Waals surface area contributed by atoms with E-state index in [1.165, 1.54) is 6.07 Å². The molecule has 2 heterocycles. The van der Waals surface area contributed by atoms with E-state index in [2.05, 4.69) is 4.98 Å². The smallest absolute Gasteiger partial charge is 0.141 e. The summed E-state index contributed by atoms with van der Waals surface area (Å²) in [7, 11) is 0. The number of hydrogen-bond acceptors (Lipinski definition) is 3. The second-order valence-corrected chi connectivity index (χ2v) is 3.35. The van der Waals surface area contributed by atoms with Crippen molar-refractivity contribution in [1.82, 2.24) is 4.98 Å². The Morgan fingerprint density at radius 3 is 2.87 bits per heavy atom. The average Bonchev–Trinajstić information content (AvgIpc) is 2.63. The number of halogens is 1. The fourth-order valence-electron chi connectivity index (χ4n) is 1.50. The van der Waals surface area contributed by atoms with E-state index >= 15 is 0 Å². The van der Waals surface area contributed by atoms with Crippen LogP contribution in [0.3, 0.4) is 0 Å². The van der Waals surface area contributed by atoms with Gasteiger partial charge in [0.05, 0.1) is 18.5 Å². The molecule has 0 saturated carbocycles. The molecule has 0 bridgehead atoms. The maximum absolute atomic E-state index is 12.9. The van der Waals surface area contributed by atoms with Crippen molar-refractivity contribution in [2.24, 2.45) is 5.73 Å². The van der Waals surface area contributed by atoms with Gasteiger partial charge in [-0.05, 0) is 24.6 Å². The molecule has 3 nitrogen and oxygen atoms in total. The number of aromatic nitrogens is 1. The maximum atomic E-state index is 12.9. The van der Waals surface area contributed by atoms with Crippen LogP contribution in [0.25, 0.3) is 0 Å². The zero-order valence-electron chi connectivity index (χ0n) is 8.27. The van der Waals surface area contributed by atoms with Crippen molar-refractivity contribution in [3.05, 3.63) is 53.5 Å². The lowest BCUT2D eigenvalue weighted by atomic mass is 10.0. The predicted octanol–water partition coefficient (Wildman–Crippen LogP) is 2.17. The highest BCUT2D eigenvalue weighted by Gasteiger charge is 2.14. The third kappa shape index (κ3) is 1.89. The molecule has 0 fully saturated rings. The van der Waals surface area contributed by atoms with E-state index in [9.17, 15) is 4.39 Å². The molecule has 0 aliphatic carbocycles. The number of nitrogens with zero attached hydrogens (tertiary/aromatic N) is 1. The van der Waals surface area contributed by atoms with Crippen molar-refractivity contribution < 1.29 is 8.81 Å². The molecule has 0 aliphatic heterocycles. The first kappa shape index (κ1) is 9.86. The molecule has 2 rings (SSSR count). The molecule has 1 atom stereocenters. The number of nitrogens with two attached hydrogens (primary N) is 1. The normalized spacial score (nSPS) is 12.7. The van der Waals surface area contributed by atoms with Crippen molar-refractivity contribution in [2.75, 3.05) is 0 Å². The van der Waals surface area contributed by atoms with Gasteiger partial charge in [-0.1, -0.05) is 0 Å². The summed E-state index contributed by atoms with van der Waals surface area (Å²) in [6.07, 6.45) is 4.27. The first-order chi connectivity index (χ1) is 7.18. The highest BCUT2D eigenvalue weighted by molar-refractivity contribution is 5.30. The van der Waals surface area contributed by atoms with Crippen LogP contribution in [0.4, 0.5) is 4.39 Å². The molecule has 4 heteroatoms. The van der Waals surface area contributed by atoms with E-state index in [1.54, 1.807) is 18.5 Å². The largest absolute Gasteiger partial charge is 0.469 e. The third-order valence-electron chi connectivity index (χ3n) is 2.32. The van der Waals surface area contributed by atoms with Gasteiger partial charge in [0.15, 0.2) is 0 Å². The van der Waals surface area contributed by atoms with E-state index in [4.69, 9.17) is 10.2 Å². The molecule has 0 amide bonds. The lowest BCUT2D eigenvalue weighted by Gasteiger charge is -2.10. The van der Waals surface area contributed by atoms with Gasteiger partial charge in [0.25, 0.3) is 0 Å². The van der Waals surface area contributed by atoms with Crippen LogP contribution in [-0.2, 0) is 0 Å². The van der Waals surface area contributed by atoms with Gasteiger partial charge in [0.1, 0.15) is 11.6 Å². The Labute approximate surface area is 86.7 Å². The van der Waals surface area contributed by atoms with Crippen LogP contribution in [-0.4, -0.2) is 4.98 Å². The number of pyridine rings is 1. The predicted molar refractivity (Wildman–Crippen MR) is 53.7 cm³/mol. The SMILES string of the molecule is Cc1occc1C(N)c1cncc(F)c1. The van der Waals surface area contributed by atoms with Crippen molar-refractivity contribution in [3.63, 3.8) is 0 Å². The van der Waals surface area contributed by atoms with Gasteiger partial charge in [0.2, 0.25) is 0 Å². The summed E-state index contributed by atoms with van der Waals surface area (Å²) in [6, 6.07) is 2.77. The summed E-state index contributed by atoms with van der Waals surface area (Å²) in [5, 5.41) is 0. The van der Waals surface area contributed by atoms with E-state index in [0.717, 1.165) is 17.5 Å². The highest BCUT2D eigenvalue weighted by atomic mass is 19.1. The molecule has 1 unspecified atom stereocenters. The van der Waals surface area contributed by atoms with Crippen molar-refractivity contribution in [3.8, 4) is 0 Å². The second kappa shape index (κ2) is 3.82. The monoisotopic (exact) mass is 206 g/mol. The van der Waals surface area contributed by atoms with Gasteiger partial charge >= 0.3 is 0 Å². The molecule has 0 aliphatic rings. The lowest BCUT2D eigenvalue weighted by Crippen LogP contribution is -2.12. The Morgan fingerprint density at radius 1 is 1.47 bits per heavy atom. The molecule has 0 spiro atoms. The number of hydrogen-bond donors (Lipinski definition) is 1. The van der Waals surface area contributed by atoms with Gasteiger partial charge in [0, 0.05) is 11.8 Å². The maximum Gasteiger partial charge on any atom is 0.141 e. The third-order valence-corrected chi connectivity index (χ3v) is 2.32. The van der Waals surface area contributed by atoms with Crippen molar-refractivity contribution >= 4 is 0 Å². The first-order valence-corrected chi connectivity index (χ1v) is 4.58. The molecule has 0 saturated heterocycles. The average molecular weight is 206 g/mol. The van der Waals surface area contributed by atoms with Crippen LogP contribution in [0.2, 0.25) is 0 Å². The molecular weight excluding hydrogens is 195 g/mol. The van der Waals surface area contributed by atoms with Crippen LogP contribution in [0, 0.1) is 12.7 Å². The number of rotatable bonds is 2. The van der Waals surface area contributed by atoms with Crippen molar-refractivity contribution in [2.45, 2.75) is 13.0 Å². The Kier molecular flexibility index (Phi) is 2.51. The molecule has 0 radical (unpaired) electrons. The minimum absolute atomic E-state index is 0.385. The van der Waals surface area contributed by atoms with Gasteiger partial charge in [-0.15, -0.1) is 0 Å². The van der Waals surface area contributed by atoms with E-state index in [0.29, 0.717) is 5.56 Å². The number of furan rings is 1. The molecule has 78 valence electrons. The molecular formula is C11H11FN2O. The molecule has 2 N–H and O–H groups in total. The molecule has 2 aromatic heterocycles. The fourth-order valence-corrected chi connectivity index (χ4v) is 1.50. The Balaban J connectivity index is 2.36. The van der Waals surface area contributed by atoms with E-state index in [-0.39, 0.29) is 5.82 Å². The zero-order chi connectivity index (χ0) is 10.8. The summed E-state index contributed by atoms with van der Waals surface area (Å²) >= 11 is 0. The Morgan fingerprint density at radius 2 is 2.27 bits per heavy atom. The van der Waals surface area contributed by atoms with Gasteiger partial charge in [-0.25, -0.2) is 4.39 Å². The quantitative estimate of drug-likeness (QED) is 0.819. The number of aryl methyl sites for hydroxylation is 1. The molecule has 2 aromatic rings. The van der Waals surface area contributed by atoms with Crippen LogP contribution < -0.4 is 5.73 Å². The summed E-state index contributed by atoms with van der Waals surface area (Å²) in [5.41, 5.74) is 7.45. The minimum atomic E-state index is -0.396. The molecule has 15 heavy (non-hydrogen) atoms. The van der Waals surface area contributed by atoms with Crippen LogP contribution in [0.15, 0.2) is 35.2 Å². The van der Waals surface area contributed by atoms with Gasteiger partial charge in [-0.2, -0.15) is 0 Å². The van der Waals surface area contributed by atoms with Crippen LogP contribution >= 0.6 is 0 Å². The fraction of sp³-hybridized carbons (Fsp3) is 0.182. The van der Waals surface area contributed by atoms with E-state index < -0.39 is 6.04 Å². The summed E-state index contributed by atoms with van der Waals surface area (Å²) < 4.78 is 18.1. The summed E-state index contributed by atoms with van der Waals surface area (Å²) in [5.74, 6) is 0.357. The van der Waals surface area contributed by atoms with Gasteiger partial charge < -0.3 is 10.2 Å². The van der Waals surface area contributed by atoms with E-state index in [1.807, 2.05) is 6.92 Å². The minimum Gasteiger partial charge on any atom is -0.469 e.